The van der Waals surface area contributed by atoms with Crippen molar-refractivity contribution in [3.05, 3.63) is 42.1 Å². The van der Waals surface area contributed by atoms with E-state index < -0.39 is 0 Å². The molecular weight excluding hydrogens is 222 g/mol. The van der Waals surface area contributed by atoms with Gasteiger partial charge in [-0.25, -0.2) is 4.98 Å². The van der Waals surface area contributed by atoms with Crippen LogP contribution in [0, 0.1) is 5.41 Å². The van der Waals surface area contributed by atoms with Crippen LogP contribution in [0.4, 0.5) is 0 Å². The van der Waals surface area contributed by atoms with Gasteiger partial charge in [-0.3, -0.25) is 4.79 Å². The maximum Gasteiger partial charge on any atom is 0.181 e. The zero-order chi connectivity index (χ0) is 13.2. The zero-order valence-corrected chi connectivity index (χ0v) is 11.2. The molecule has 1 aromatic heterocycles. The zero-order valence-electron chi connectivity index (χ0n) is 11.2. The number of carbonyl (C=O) groups is 1. The first-order valence-electron chi connectivity index (χ1n) is 6.35. The van der Waals surface area contributed by atoms with E-state index in [1.807, 2.05) is 36.4 Å². The van der Waals surface area contributed by atoms with Gasteiger partial charge in [0, 0.05) is 11.8 Å². The van der Waals surface area contributed by atoms with Crippen molar-refractivity contribution in [2.75, 3.05) is 0 Å². The minimum Gasteiger partial charge on any atom is -0.292 e. The molecule has 0 saturated carbocycles. The van der Waals surface area contributed by atoms with E-state index in [9.17, 15) is 4.79 Å². The standard InChI is InChI=1S/C16H19NO/c1-16(2,3)11-10-15(18)14-9-8-12-6-4-5-7-13(12)17-14/h4-9H,10-11H2,1-3H3. The van der Waals surface area contributed by atoms with Gasteiger partial charge in [0.1, 0.15) is 5.69 Å². The second-order valence-electron chi connectivity index (χ2n) is 5.87. The lowest BCUT2D eigenvalue weighted by Crippen LogP contribution is -2.10. The Bertz CT molecular complexity index is 567. The summed E-state index contributed by atoms with van der Waals surface area (Å²) < 4.78 is 0. The Kier molecular flexibility index (Phi) is 3.46. The average Bonchev–Trinajstić information content (AvgIpc) is 2.34. The molecule has 18 heavy (non-hydrogen) atoms. The van der Waals surface area contributed by atoms with Gasteiger partial charge in [-0.15, -0.1) is 0 Å². The average molecular weight is 241 g/mol. The molecule has 0 aliphatic heterocycles. The van der Waals surface area contributed by atoms with Crippen molar-refractivity contribution in [3.8, 4) is 0 Å². The topological polar surface area (TPSA) is 30.0 Å². The Labute approximate surface area is 108 Å². The summed E-state index contributed by atoms with van der Waals surface area (Å²) in [5, 5.41) is 1.07. The molecule has 2 aromatic rings. The maximum atomic E-state index is 12.1. The van der Waals surface area contributed by atoms with Crippen molar-refractivity contribution in [1.29, 1.82) is 0 Å². The molecule has 2 nitrogen and oxygen atoms in total. The molecule has 0 unspecified atom stereocenters. The van der Waals surface area contributed by atoms with Crippen LogP contribution in [0.15, 0.2) is 36.4 Å². The van der Waals surface area contributed by atoms with Gasteiger partial charge in [0.2, 0.25) is 0 Å². The van der Waals surface area contributed by atoms with Crippen molar-refractivity contribution < 1.29 is 4.79 Å². The van der Waals surface area contributed by atoms with Crippen LogP contribution >= 0.6 is 0 Å². The third-order valence-corrected chi connectivity index (χ3v) is 2.99. The van der Waals surface area contributed by atoms with Gasteiger partial charge in [0.05, 0.1) is 5.52 Å². The number of rotatable bonds is 3. The van der Waals surface area contributed by atoms with E-state index in [-0.39, 0.29) is 11.2 Å². The fourth-order valence-corrected chi connectivity index (χ4v) is 1.84. The van der Waals surface area contributed by atoms with Crippen molar-refractivity contribution in [2.24, 2.45) is 5.41 Å². The monoisotopic (exact) mass is 241 g/mol. The summed E-state index contributed by atoms with van der Waals surface area (Å²) in [6, 6.07) is 11.7. The number of fused-ring (bicyclic) bond motifs is 1. The van der Waals surface area contributed by atoms with Gasteiger partial charge in [0.25, 0.3) is 0 Å². The predicted octanol–water partition coefficient (Wildman–Crippen LogP) is 4.24. The summed E-state index contributed by atoms with van der Waals surface area (Å²) in [5.41, 5.74) is 1.66. The summed E-state index contributed by atoms with van der Waals surface area (Å²) in [5.74, 6) is 0.135. The third kappa shape index (κ3) is 3.16. The summed E-state index contributed by atoms with van der Waals surface area (Å²) in [6.45, 7) is 6.44. The van der Waals surface area contributed by atoms with Gasteiger partial charge < -0.3 is 0 Å². The van der Waals surface area contributed by atoms with E-state index in [2.05, 4.69) is 25.8 Å². The highest BCUT2D eigenvalue weighted by Gasteiger charge is 2.15. The molecule has 2 heteroatoms. The van der Waals surface area contributed by atoms with Crippen molar-refractivity contribution in [2.45, 2.75) is 33.6 Å². The van der Waals surface area contributed by atoms with E-state index in [4.69, 9.17) is 0 Å². The highest BCUT2D eigenvalue weighted by atomic mass is 16.1. The van der Waals surface area contributed by atoms with Gasteiger partial charge in [-0.1, -0.05) is 45.0 Å². The molecule has 0 fully saturated rings. The van der Waals surface area contributed by atoms with Crippen LogP contribution < -0.4 is 0 Å². The smallest absolute Gasteiger partial charge is 0.181 e. The number of nitrogens with zero attached hydrogens (tertiary/aromatic N) is 1. The fourth-order valence-electron chi connectivity index (χ4n) is 1.84. The Morgan fingerprint density at radius 3 is 2.56 bits per heavy atom. The van der Waals surface area contributed by atoms with Gasteiger partial charge >= 0.3 is 0 Å². The van der Waals surface area contributed by atoms with Gasteiger partial charge in [-0.2, -0.15) is 0 Å². The van der Waals surface area contributed by atoms with Crippen LogP contribution in [0.25, 0.3) is 10.9 Å². The number of para-hydroxylation sites is 1. The second-order valence-corrected chi connectivity index (χ2v) is 5.87. The highest BCUT2D eigenvalue weighted by Crippen LogP contribution is 2.22. The lowest BCUT2D eigenvalue weighted by Gasteiger charge is -2.16. The van der Waals surface area contributed by atoms with E-state index in [1.54, 1.807) is 0 Å². The molecule has 0 aliphatic carbocycles. The molecule has 0 aliphatic rings. The van der Waals surface area contributed by atoms with E-state index in [1.165, 1.54) is 0 Å². The van der Waals surface area contributed by atoms with E-state index >= 15 is 0 Å². The molecule has 0 amide bonds. The summed E-state index contributed by atoms with van der Waals surface area (Å²) >= 11 is 0. The molecule has 0 N–H and O–H groups in total. The number of ketones is 1. The van der Waals surface area contributed by atoms with Crippen LogP contribution in [0.1, 0.15) is 44.1 Å². The number of carbonyl (C=O) groups excluding carboxylic acids is 1. The second kappa shape index (κ2) is 4.89. The molecular formula is C16H19NO. The molecule has 1 aromatic carbocycles. The first-order valence-corrected chi connectivity index (χ1v) is 6.35. The molecule has 0 radical (unpaired) electrons. The SMILES string of the molecule is CC(C)(C)CCC(=O)c1ccc2ccccc2n1. The maximum absolute atomic E-state index is 12.1. The highest BCUT2D eigenvalue weighted by molar-refractivity contribution is 5.96. The number of aromatic nitrogens is 1. The Morgan fingerprint density at radius 1 is 1.11 bits per heavy atom. The minimum atomic E-state index is 0.135. The lowest BCUT2D eigenvalue weighted by molar-refractivity contribution is 0.0961. The lowest BCUT2D eigenvalue weighted by atomic mass is 9.89. The Balaban J connectivity index is 2.18. The largest absolute Gasteiger partial charge is 0.292 e. The first kappa shape index (κ1) is 12.7. The fraction of sp³-hybridized carbons (Fsp3) is 0.375. The quantitative estimate of drug-likeness (QED) is 0.752. The van der Waals surface area contributed by atoms with Crippen molar-refractivity contribution in [1.82, 2.24) is 4.98 Å². The van der Waals surface area contributed by atoms with Crippen LogP contribution in [0.5, 0.6) is 0 Å². The third-order valence-electron chi connectivity index (χ3n) is 2.99. The molecule has 2 rings (SSSR count). The summed E-state index contributed by atoms with van der Waals surface area (Å²) in [7, 11) is 0. The number of pyridine rings is 1. The number of benzene rings is 1. The molecule has 1 heterocycles. The molecule has 0 atom stereocenters. The first-order chi connectivity index (χ1) is 8.46. The van der Waals surface area contributed by atoms with Gasteiger partial charge in [-0.05, 0) is 24.0 Å². The molecule has 0 saturated heterocycles. The van der Waals surface area contributed by atoms with Crippen LogP contribution in [0.3, 0.4) is 0 Å². The van der Waals surface area contributed by atoms with E-state index in [0.717, 1.165) is 17.3 Å². The molecule has 0 bridgehead atoms. The van der Waals surface area contributed by atoms with Crippen LogP contribution in [-0.2, 0) is 0 Å². The summed E-state index contributed by atoms with van der Waals surface area (Å²) in [4.78, 5) is 16.5. The van der Waals surface area contributed by atoms with Gasteiger partial charge in [0.15, 0.2) is 5.78 Å². The predicted molar refractivity (Wildman–Crippen MR) is 74.8 cm³/mol. The van der Waals surface area contributed by atoms with Crippen molar-refractivity contribution >= 4 is 16.7 Å². The number of Topliss-reactive ketones (excluding diaryl/α,β-unsaturated/α-hetero) is 1. The van der Waals surface area contributed by atoms with Crippen LogP contribution in [-0.4, -0.2) is 10.8 Å². The van der Waals surface area contributed by atoms with Crippen molar-refractivity contribution in [3.63, 3.8) is 0 Å². The van der Waals surface area contributed by atoms with Crippen LogP contribution in [0.2, 0.25) is 0 Å². The Morgan fingerprint density at radius 2 is 1.83 bits per heavy atom. The number of hydrogen-bond donors (Lipinski definition) is 0. The Hall–Kier alpha value is -1.70. The molecule has 0 spiro atoms. The normalized spacial score (nSPS) is 11.7. The summed E-state index contributed by atoms with van der Waals surface area (Å²) in [6.07, 6.45) is 1.45. The van der Waals surface area contributed by atoms with E-state index in [0.29, 0.717) is 12.1 Å². The molecule has 94 valence electrons. The number of hydrogen-bond acceptors (Lipinski definition) is 2. The minimum absolute atomic E-state index is 0.135.